The van der Waals surface area contributed by atoms with E-state index >= 15 is 0 Å². The monoisotopic (exact) mass is 452 g/mol. The van der Waals surface area contributed by atoms with Gasteiger partial charge in [-0.1, -0.05) is 64.5 Å². The third-order valence-corrected chi connectivity index (χ3v) is 9.41. The highest BCUT2D eigenvalue weighted by Gasteiger charge is 2.31. The predicted octanol–water partition coefficient (Wildman–Crippen LogP) is 9.08. The molecule has 3 saturated carbocycles. The first kappa shape index (κ1) is 24.8. The van der Waals surface area contributed by atoms with Gasteiger partial charge in [-0.15, -0.1) is 0 Å². The van der Waals surface area contributed by atoms with E-state index in [4.69, 9.17) is 4.74 Å². The molecule has 0 atom stereocenters. The Morgan fingerprint density at radius 2 is 1.18 bits per heavy atom. The molecule has 1 aromatic carbocycles. The van der Waals surface area contributed by atoms with Crippen molar-refractivity contribution in [2.24, 2.45) is 23.7 Å². The second kappa shape index (κ2) is 12.4. The number of ether oxygens (including phenoxy) is 1. The Labute approximate surface area is 203 Å². The summed E-state index contributed by atoms with van der Waals surface area (Å²) in [7, 11) is 0. The molecule has 3 fully saturated rings. The van der Waals surface area contributed by atoms with Crippen LogP contribution in [0.5, 0.6) is 0 Å². The fourth-order valence-corrected chi connectivity index (χ4v) is 7.34. The van der Waals surface area contributed by atoms with Crippen LogP contribution in [0.4, 0.5) is 0 Å². The van der Waals surface area contributed by atoms with Crippen molar-refractivity contribution in [2.75, 3.05) is 0 Å². The van der Waals surface area contributed by atoms with Gasteiger partial charge in [0.2, 0.25) is 0 Å². The second-order valence-corrected chi connectivity index (χ2v) is 11.6. The first-order valence-electron chi connectivity index (χ1n) is 14.5. The van der Waals surface area contributed by atoms with Gasteiger partial charge in [-0.2, -0.15) is 0 Å². The average molecular weight is 453 g/mol. The zero-order chi connectivity index (χ0) is 23.0. The van der Waals surface area contributed by atoms with Gasteiger partial charge in [0.25, 0.3) is 0 Å². The molecule has 2 heteroatoms. The van der Waals surface area contributed by atoms with E-state index in [1.54, 1.807) is 0 Å². The highest BCUT2D eigenvalue weighted by molar-refractivity contribution is 5.89. The number of carbonyl (C=O) groups excluding carboxylic acids is 1. The molecule has 4 rings (SSSR count). The van der Waals surface area contributed by atoms with Crippen LogP contribution in [0.1, 0.15) is 138 Å². The SMILES string of the molecule is CCCC1CCC(OC(=O)c2ccc([C@H]3CC[C@H]([C@H]4CC[C@H](CCC)CC4)CC3)cc2)CC1. The Hall–Kier alpha value is -1.31. The molecule has 0 spiro atoms. The molecule has 184 valence electrons. The predicted molar refractivity (Wildman–Crippen MR) is 138 cm³/mol. The molecule has 0 saturated heterocycles. The van der Waals surface area contributed by atoms with Crippen molar-refractivity contribution < 1.29 is 9.53 Å². The summed E-state index contributed by atoms with van der Waals surface area (Å²) in [4.78, 5) is 12.7. The molecule has 3 aliphatic rings. The highest BCUT2D eigenvalue weighted by atomic mass is 16.5. The quantitative estimate of drug-likeness (QED) is 0.368. The second-order valence-electron chi connectivity index (χ2n) is 11.6. The molecule has 0 unspecified atom stereocenters. The summed E-state index contributed by atoms with van der Waals surface area (Å²) in [6, 6.07) is 8.44. The molecule has 0 amide bonds. The molecular weight excluding hydrogens is 404 g/mol. The van der Waals surface area contributed by atoms with Gasteiger partial charge < -0.3 is 4.74 Å². The lowest BCUT2D eigenvalue weighted by molar-refractivity contribution is 0.0161. The van der Waals surface area contributed by atoms with Gasteiger partial charge in [0.15, 0.2) is 0 Å². The number of esters is 1. The molecule has 33 heavy (non-hydrogen) atoms. The first-order chi connectivity index (χ1) is 16.2. The minimum atomic E-state index is -0.122. The smallest absolute Gasteiger partial charge is 0.338 e. The minimum absolute atomic E-state index is 0.122. The highest BCUT2D eigenvalue weighted by Crippen LogP contribution is 2.44. The summed E-state index contributed by atoms with van der Waals surface area (Å²) in [5.41, 5.74) is 2.16. The van der Waals surface area contributed by atoms with Crippen LogP contribution in [0.3, 0.4) is 0 Å². The normalized spacial score (nSPS) is 32.9. The number of hydrogen-bond donors (Lipinski definition) is 0. The summed E-state index contributed by atoms with van der Waals surface area (Å²) < 4.78 is 5.85. The Morgan fingerprint density at radius 1 is 0.697 bits per heavy atom. The van der Waals surface area contributed by atoms with Crippen LogP contribution in [-0.2, 0) is 4.74 Å². The van der Waals surface area contributed by atoms with Crippen LogP contribution in [0.15, 0.2) is 24.3 Å². The zero-order valence-electron chi connectivity index (χ0n) is 21.4. The van der Waals surface area contributed by atoms with E-state index in [0.29, 0.717) is 5.92 Å². The molecule has 3 aliphatic carbocycles. The summed E-state index contributed by atoms with van der Waals surface area (Å²) in [5.74, 6) is 4.37. The Bertz CT molecular complexity index is 699. The van der Waals surface area contributed by atoms with Crippen molar-refractivity contribution in [3.05, 3.63) is 35.4 Å². The standard InChI is InChI=1S/C31H48O2/c1-3-5-23-7-11-25(12-8-23)26-13-15-27(16-14-26)28-17-19-29(20-18-28)31(32)33-30-21-9-24(6-4-2)10-22-30/h17-20,23-27,30H,3-16,21-22H2,1-2H3/t23-,24?,25-,26-,27-,30?. The van der Waals surface area contributed by atoms with Crippen LogP contribution in [0.25, 0.3) is 0 Å². The van der Waals surface area contributed by atoms with Gasteiger partial charge in [-0.05, 0) is 111 Å². The van der Waals surface area contributed by atoms with E-state index in [-0.39, 0.29) is 12.1 Å². The topological polar surface area (TPSA) is 26.3 Å². The first-order valence-corrected chi connectivity index (χ1v) is 14.5. The van der Waals surface area contributed by atoms with Crippen LogP contribution in [0.2, 0.25) is 0 Å². The molecule has 2 nitrogen and oxygen atoms in total. The maximum Gasteiger partial charge on any atom is 0.338 e. The largest absolute Gasteiger partial charge is 0.459 e. The van der Waals surface area contributed by atoms with Gasteiger partial charge in [-0.3, -0.25) is 0 Å². The minimum Gasteiger partial charge on any atom is -0.459 e. The van der Waals surface area contributed by atoms with E-state index in [1.165, 1.54) is 95.5 Å². The number of rotatable bonds is 8. The Morgan fingerprint density at radius 3 is 1.70 bits per heavy atom. The van der Waals surface area contributed by atoms with Crippen molar-refractivity contribution in [3.8, 4) is 0 Å². The number of carbonyl (C=O) groups is 1. The van der Waals surface area contributed by atoms with E-state index in [2.05, 4.69) is 26.0 Å². The number of benzene rings is 1. The summed E-state index contributed by atoms with van der Waals surface area (Å²) in [6.07, 6.45) is 21.4. The molecule has 0 aromatic heterocycles. The summed E-state index contributed by atoms with van der Waals surface area (Å²) in [6.45, 7) is 4.60. The molecule has 1 aromatic rings. The third-order valence-electron chi connectivity index (χ3n) is 9.41. The zero-order valence-corrected chi connectivity index (χ0v) is 21.4. The van der Waals surface area contributed by atoms with Crippen LogP contribution >= 0.6 is 0 Å². The molecule has 0 radical (unpaired) electrons. The van der Waals surface area contributed by atoms with Crippen molar-refractivity contribution in [1.82, 2.24) is 0 Å². The van der Waals surface area contributed by atoms with E-state index in [0.717, 1.165) is 42.1 Å². The molecule has 0 N–H and O–H groups in total. The Balaban J connectivity index is 1.20. The van der Waals surface area contributed by atoms with Gasteiger partial charge >= 0.3 is 5.97 Å². The van der Waals surface area contributed by atoms with E-state index in [1.807, 2.05) is 12.1 Å². The molecule has 0 heterocycles. The Kier molecular flexibility index (Phi) is 9.33. The van der Waals surface area contributed by atoms with Crippen LogP contribution in [-0.4, -0.2) is 12.1 Å². The van der Waals surface area contributed by atoms with Crippen molar-refractivity contribution >= 4 is 5.97 Å². The van der Waals surface area contributed by atoms with Crippen LogP contribution < -0.4 is 0 Å². The molecule has 0 bridgehead atoms. The van der Waals surface area contributed by atoms with Gasteiger partial charge in [-0.25, -0.2) is 4.79 Å². The maximum absolute atomic E-state index is 12.7. The average Bonchev–Trinajstić information content (AvgIpc) is 2.86. The van der Waals surface area contributed by atoms with E-state index < -0.39 is 0 Å². The van der Waals surface area contributed by atoms with Gasteiger partial charge in [0, 0.05) is 0 Å². The lowest BCUT2D eigenvalue weighted by atomic mass is 9.68. The van der Waals surface area contributed by atoms with Crippen molar-refractivity contribution in [3.63, 3.8) is 0 Å². The maximum atomic E-state index is 12.7. The van der Waals surface area contributed by atoms with Gasteiger partial charge in [0.05, 0.1) is 5.56 Å². The fourth-order valence-electron chi connectivity index (χ4n) is 7.34. The molecule has 0 aliphatic heterocycles. The number of hydrogen-bond acceptors (Lipinski definition) is 2. The molecular formula is C31H48O2. The van der Waals surface area contributed by atoms with Crippen molar-refractivity contribution in [1.29, 1.82) is 0 Å². The van der Waals surface area contributed by atoms with Crippen molar-refractivity contribution in [2.45, 2.75) is 129 Å². The van der Waals surface area contributed by atoms with E-state index in [9.17, 15) is 4.79 Å². The summed E-state index contributed by atoms with van der Waals surface area (Å²) in [5, 5.41) is 0. The summed E-state index contributed by atoms with van der Waals surface area (Å²) >= 11 is 0. The third kappa shape index (κ3) is 6.86. The van der Waals surface area contributed by atoms with Gasteiger partial charge in [0.1, 0.15) is 6.10 Å². The lowest BCUT2D eigenvalue weighted by Crippen LogP contribution is -2.25. The lowest BCUT2D eigenvalue weighted by Gasteiger charge is -2.38. The van der Waals surface area contributed by atoms with Crippen LogP contribution in [0, 0.1) is 23.7 Å². The fraction of sp³-hybridized carbons (Fsp3) is 0.774.